The molecule has 0 aromatic heterocycles. The molecule has 0 radical (unpaired) electrons. The van der Waals surface area contributed by atoms with Gasteiger partial charge in [0.2, 0.25) is 0 Å². The van der Waals surface area contributed by atoms with Crippen molar-refractivity contribution in [2.24, 2.45) is 23.3 Å². The van der Waals surface area contributed by atoms with Crippen LogP contribution in [0.1, 0.15) is 181 Å². The molecule has 0 aromatic carbocycles. The Morgan fingerprint density at radius 2 is 0.769 bits per heavy atom. The van der Waals surface area contributed by atoms with Gasteiger partial charge in [-0.25, -0.2) is 0 Å². The highest BCUT2D eigenvalue weighted by atomic mass is 16.3. The van der Waals surface area contributed by atoms with E-state index in [1.54, 1.807) is 0 Å². The number of unbranched alkanes of at least 4 members (excludes halogenated alkanes) is 16. The van der Waals surface area contributed by atoms with Crippen molar-refractivity contribution in [1.29, 1.82) is 0 Å². The summed E-state index contributed by atoms with van der Waals surface area (Å²) in [5, 5.41) is 27.8. The van der Waals surface area contributed by atoms with Crippen LogP contribution in [0, 0.1) is 11.8 Å². The number of nitrogens with two attached hydrogens (primary N) is 2. The van der Waals surface area contributed by atoms with Crippen LogP contribution in [-0.4, -0.2) is 111 Å². The van der Waals surface area contributed by atoms with Crippen LogP contribution in [0.3, 0.4) is 0 Å². The summed E-state index contributed by atoms with van der Waals surface area (Å²) >= 11 is 0. The number of hydrogen-bond donors (Lipinski definition) is 6. The third-order valence-corrected chi connectivity index (χ3v) is 11.8. The Morgan fingerprint density at radius 3 is 1.10 bits per heavy atom. The van der Waals surface area contributed by atoms with Crippen molar-refractivity contribution < 1.29 is 10.2 Å². The lowest BCUT2D eigenvalue weighted by atomic mass is 9.91. The van der Waals surface area contributed by atoms with Crippen LogP contribution < -0.4 is 22.1 Å². The maximum Gasteiger partial charge on any atom is 0.0665 e. The van der Waals surface area contributed by atoms with Gasteiger partial charge >= 0.3 is 0 Å². The van der Waals surface area contributed by atoms with Gasteiger partial charge in [0, 0.05) is 39.3 Å². The number of rotatable bonds is 40. The Hall–Kier alpha value is -0.320. The minimum Gasteiger partial charge on any atom is -0.392 e. The lowest BCUT2D eigenvalue weighted by molar-refractivity contribution is 0.129. The molecule has 4 atom stereocenters. The number of piperazine rings is 1. The molecule has 1 rings (SSSR count). The van der Waals surface area contributed by atoms with Crippen LogP contribution in [-0.2, 0) is 0 Å². The second-order valence-corrected chi connectivity index (χ2v) is 16.7. The van der Waals surface area contributed by atoms with Gasteiger partial charge in [0.1, 0.15) is 0 Å². The molecule has 1 saturated heterocycles. The molecule has 1 aliphatic heterocycles. The molecule has 0 aromatic rings. The highest BCUT2D eigenvalue weighted by Crippen LogP contribution is 2.22. The fourth-order valence-corrected chi connectivity index (χ4v) is 8.16. The molecule has 52 heavy (non-hydrogen) atoms. The van der Waals surface area contributed by atoms with Crippen LogP contribution >= 0.6 is 0 Å². The van der Waals surface area contributed by atoms with E-state index in [0.717, 1.165) is 51.9 Å². The SMILES string of the molecule is CCCCCCCCCCCC(CCNCCCN1CCN(CCCNCCC(CCCCCCCCCCC)CC(O)CN)CC1)CC(O)CN. The van der Waals surface area contributed by atoms with Gasteiger partial charge < -0.3 is 42.1 Å². The zero-order chi connectivity index (χ0) is 37.7. The molecule has 8 N–H and O–H groups in total. The standard InChI is InChI=1S/C44H94N6O2/c1-3-5-7-9-11-13-15-17-19-23-41(37-43(51)39-45)25-29-47-27-21-31-49-33-35-50(36-34-49)32-22-28-48-30-26-42(38-44(52)40-46)24-20-18-16-14-12-10-8-6-4-2/h41-44,47-48,51-52H,3-40,45-46H2,1-2H3. The average Bonchev–Trinajstić information content (AvgIpc) is 3.16. The van der Waals surface area contributed by atoms with E-state index in [4.69, 9.17) is 11.5 Å². The first-order chi connectivity index (χ1) is 25.5. The summed E-state index contributed by atoms with van der Waals surface area (Å²) in [6, 6.07) is 0. The summed E-state index contributed by atoms with van der Waals surface area (Å²) < 4.78 is 0. The molecule has 1 heterocycles. The van der Waals surface area contributed by atoms with Gasteiger partial charge in [0.05, 0.1) is 12.2 Å². The topological polar surface area (TPSA) is 123 Å². The number of aliphatic hydroxyl groups excluding tert-OH is 2. The van der Waals surface area contributed by atoms with Crippen molar-refractivity contribution in [2.45, 2.75) is 193 Å². The smallest absolute Gasteiger partial charge is 0.0665 e. The number of nitrogens with one attached hydrogen (secondary N) is 2. The highest BCUT2D eigenvalue weighted by Gasteiger charge is 2.17. The molecule has 1 fully saturated rings. The second kappa shape index (κ2) is 37.6. The van der Waals surface area contributed by atoms with Crippen LogP contribution in [0.5, 0.6) is 0 Å². The fraction of sp³-hybridized carbons (Fsp3) is 1.00. The predicted octanol–water partition coefficient (Wildman–Crippen LogP) is 7.84. The molecule has 0 saturated carbocycles. The fourth-order valence-electron chi connectivity index (χ4n) is 8.16. The molecule has 0 aliphatic carbocycles. The van der Waals surface area contributed by atoms with E-state index < -0.39 is 0 Å². The normalized spacial score (nSPS) is 16.7. The molecule has 0 bridgehead atoms. The summed E-state index contributed by atoms with van der Waals surface area (Å²) in [6.07, 6.45) is 32.8. The minimum atomic E-state index is -0.349. The first-order valence-electron chi connectivity index (χ1n) is 23.1. The molecular weight excluding hydrogens is 645 g/mol. The first-order valence-corrected chi connectivity index (χ1v) is 23.1. The summed E-state index contributed by atoms with van der Waals surface area (Å²) in [7, 11) is 0. The summed E-state index contributed by atoms with van der Waals surface area (Å²) in [5.74, 6) is 1.17. The molecule has 8 nitrogen and oxygen atoms in total. The molecule has 8 heteroatoms. The Balaban J connectivity index is 2.08. The van der Waals surface area contributed by atoms with Gasteiger partial charge in [0.15, 0.2) is 0 Å². The lowest BCUT2D eigenvalue weighted by Crippen LogP contribution is -2.47. The number of nitrogens with zero attached hydrogens (tertiary/aromatic N) is 2. The molecule has 0 spiro atoms. The first kappa shape index (κ1) is 49.7. The van der Waals surface area contributed by atoms with E-state index in [-0.39, 0.29) is 12.2 Å². The molecule has 0 amide bonds. The highest BCUT2D eigenvalue weighted by molar-refractivity contribution is 4.74. The lowest BCUT2D eigenvalue weighted by Gasteiger charge is -2.34. The predicted molar refractivity (Wildman–Crippen MR) is 227 cm³/mol. The zero-order valence-corrected chi connectivity index (χ0v) is 35.1. The third-order valence-electron chi connectivity index (χ3n) is 11.8. The maximum atomic E-state index is 10.2. The van der Waals surface area contributed by atoms with E-state index in [0.29, 0.717) is 24.9 Å². The third kappa shape index (κ3) is 30.9. The molecular formula is C44H94N6O2. The van der Waals surface area contributed by atoms with Crippen molar-refractivity contribution in [3.8, 4) is 0 Å². The van der Waals surface area contributed by atoms with Gasteiger partial charge in [-0.15, -0.1) is 0 Å². The Labute approximate surface area is 324 Å². The van der Waals surface area contributed by atoms with E-state index in [1.165, 1.54) is 181 Å². The monoisotopic (exact) mass is 739 g/mol. The van der Waals surface area contributed by atoms with E-state index in [1.807, 2.05) is 0 Å². The van der Waals surface area contributed by atoms with E-state index in [2.05, 4.69) is 34.3 Å². The maximum absolute atomic E-state index is 10.2. The van der Waals surface area contributed by atoms with Crippen molar-refractivity contribution >= 4 is 0 Å². The Bertz CT molecular complexity index is 652. The quantitative estimate of drug-likeness (QED) is 0.0352. The van der Waals surface area contributed by atoms with Crippen LogP contribution in [0.15, 0.2) is 0 Å². The van der Waals surface area contributed by atoms with Crippen LogP contribution in [0.2, 0.25) is 0 Å². The largest absolute Gasteiger partial charge is 0.392 e. The van der Waals surface area contributed by atoms with E-state index in [9.17, 15) is 10.2 Å². The second-order valence-electron chi connectivity index (χ2n) is 16.7. The van der Waals surface area contributed by atoms with Gasteiger partial charge in [-0.2, -0.15) is 0 Å². The molecule has 1 aliphatic rings. The van der Waals surface area contributed by atoms with Crippen LogP contribution in [0.4, 0.5) is 0 Å². The average molecular weight is 739 g/mol. The summed E-state index contributed by atoms with van der Waals surface area (Å²) in [4.78, 5) is 5.29. The molecule has 312 valence electrons. The summed E-state index contributed by atoms with van der Waals surface area (Å²) in [6.45, 7) is 16.7. The van der Waals surface area contributed by atoms with Crippen LogP contribution in [0.25, 0.3) is 0 Å². The van der Waals surface area contributed by atoms with E-state index >= 15 is 0 Å². The number of hydrogen-bond acceptors (Lipinski definition) is 8. The van der Waals surface area contributed by atoms with Crippen molar-refractivity contribution in [3.63, 3.8) is 0 Å². The van der Waals surface area contributed by atoms with Gasteiger partial charge in [-0.1, -0.05) is 142 Å². The Morgan fingerprint density at radius 1 is 0.442 bits per heavy atom. The van der Waals surface area contributed by atoms with Gasteiger partial charge in [-0.05, 0) is 89.6 Å². The minimum absolute atomic E-state index is 0.349. The zero-order valence-electron chi connectivity index (χ0n) is 35.1. The van der Waals surface area contributed by atoms with Crippen molar-refractivity contribution in [2.75, 3.05) is 78.5 Å². The van der Waals surface area contributed by atoms with Crippen molar-refractivity contribution in [3.05, 3.63) is 0 Å². The summed E-state index contributed by atoms with van der Waals surface area (Å²) in [5.41, 5.74) is 11.5. The number of aliphatic hydroxyl groups is 2. The van der Waals surface area contributed by atoms with Gasteiger partial charge in [0.25, 0.3) is 0 Å². The van der Waals surface area contributed by atoms with Crippen molar-refractivity contribution in [1.82, 2.24) is 20.4 Å². The Kier molecular flexibility index (Phi) is 35.9. The van der Waals surface area contributed by atoms with Gasteiger partial charge in [-0.3, -0.25) is 0 Å². The molecule has 4 unspecified atom stereocenters.